The van der Waals surface area contributed by atoms with Crippen molar-refractivity contribution in [3.05, 3.63) is 38.4 Å². The monoisotopic (exact) mass is 310 g/mol. The van der Waals surface area contributed by atoms with E-state index in [1.54, 1.807) is 23.5 Å². The Morgan fingerprint density at radius 3 is 2.60 bits per heavy atom. The Labute approximate surface area is 122 Å². The molecule has 2 heterocycles. The summed E-state index contributed by atoms with van der Waals surface area (Å²) < 4.78 is 13.2. The summed E-state index contributed by atoms with van der Waals surface area (Å²) in [5, 5.41) is 11.5. The van der Waals surface area contributed by atoms with Crippen molar-refractivity contribution in [1.29, 1.82) is 0 Å². The second-order valence-corrected chi connectivity index (χ2v) is 6.25. The minimum Gasteiger partial charge on any atom is -0.368 e. The summed E-state index contributed by atoms with van der Waals surface area (Å²) >= 11 is 3.08. The minimum absolute atomic E-state index is 0.0994. The molecule has 0 atom stereocenters. The predicted molar refractivity (Wildman–Crippen MR) is 77.9 cm³/mol. The molecule has 1 aliphatic rings. The molecule has 1 fully saturated rings. The van der Waals surface area contributed by atoms with Crippen LogP contribution < -0.4 is 8.56 Å². The third-order valence-corrected chi connectivity index (χ3v) is 5.22. The molecule has 1 aliphatic heterocycles. The summed E-state index contributed by atoms with van der Waals surface area (Å²) in [7, 11) is 0. The first-order chi connectivity index (χ1) is 9.74. The van der Waals surface area contributed by atoms with Gasteiger partial charge < -0.3 is 4.74 Å². The number of benzene rings is 1. The van der Waals surface area contributed by atoms with Gasteiger partial charge >= 0.3 is 3.98 Å². The summed E-state index contributed by atoms with van der Waals surface area (Å²) in [5.74, 6) is 0. The minimum atomic E-state index is -0.395. The van der Waals surface area contributed by atoms with E-state index in [1.165, 1.54) is 23.7 Å². The molecule has 0 radical (unpaired) electrons. The zero-order valence-electron chi connectivity index (χ0n) is 10.5. The van der Waals surface area contributed by atoms with Crippen LogP contribution >= 0.6 is 22.9 Å². The molecule has 104 valence electrons. The van der Waals surface area contributed by atoms with Crippen molar-refractivity contribution in [1.82, 2.24) is 8.95 Å². The molecule has 0 aliphatic carbocycles. The van der Waals surface area contributed by atoms with Crippen molar-refractivity contribution < 1.29 is 9.66 Å². The summed E-state index contributed by atoms with van der Waals surface area (Å²) in [5.41, 5.74) is 1.01. The first-order valence-corrected chi connectivity index (χ1v) is 7.70. The van der Waals surface area contributed by atoms with Crippen LogP contribution in [0.4, 0.5) is 5.69 Å². The SMILES string of the molecule is O=[N+]([O-])c1ccc(-c2nsc(=[N+]3CCOCC3)s2)cc1. The number of morpholine rings is 1. The zero-order valence-corrected chi connectivity index (χ0v) is 12.2. The molecule has 1 aromatic carbocycles. The van der Waals surface area contributed by atoms with Crippen LogP contribution in [0.5, 0.6) is 0 Å². The number of hydrogen-bond donors (Lipinski definition) is 0. The Morgan fingerprint density at radius 1 is 1.25 bits per heavy atom. The van der Waals surface area contributed by atoms with Gasteiger partial charge in [-0.05, 0) is 23.5 Å². The number of aromatic nitrogens is 1. The third-order valence-electron chi connectivity index (χ3n) is 2.98. The average Bonchev–Trinajstić information content (AvgIpc) is 2.98. The Morgan fingerprint density at radius 2 is 1.95 bits per heavy atom. The van der Waals surface area contributed by atoms with Crippen LogP contribution in [0.3, 0.4) is 0 Å². The van der Waals surface area contributed by atoms with Gasteiger partial charge in [-0.25, -0.2) is 4.58 Å². The van der Waals surface area contributed by atoms with Crippen LogP contribution in [0.2, 0.25) is 0 Å². The molecule has 1 saturated heterocycles. The lowest BCUT2D eigenvalue weighted by Crippen LogP contribution is -2.37. The van der Waals surface area contributed by atoms with E-state index in [-0.39, 0.29) is 5.69 Å². The van der Waals surface area contributed by atoms with Crippen molar-refractivity contribution in [2.24, 2.45) is 0 Å². The smallest absolute Gasteiger partial charge is 0.333 e. The molecule has 0 unspecified atom stereocenters. The molecule has 0 saturated carbocycles. The van der Waals surface area contributed by atoms with E-state index in [2.05, 4.69) is 8.95 Å². The lowest BCUT2D eigenvalue weighted by molar-refractivity contribution is -0.384. The maximum Gasteiger partial charge on any atom is 0.333 e. The van der Waals surface area contributed by atoms with Crippen LogP contribution in [-0.4, -0.2) is 35.6 Å². The van der Waals surface area contributed by atoms with Crippen molar-refractivity contribution >= 4 is 28.6 Å². The van der Waals surface area contributed by atoms with Crippen molar-refractivity contribution in [2.45, 2.75) is 0 Å². The van der Waals surface area contributed by atoms with E-state index in [1.807, 2.05) is 0 Å². The molecule has 3 rings (SSSR count). The Balaban J connectivity index is 1.91. The second kappa shape index (κ2) is 5.78. The molecular weight excluding hydrogens is 298 g/mol. The number of rotatable bonds is 2. The maximum atomic E-state index is 10.6. The van der Waals surface area contributed by atoms with Crippen molar-refractivity contribution in [3.8, 4) is 10.6 Å². The Kier molecular flexibility index (Phi) is 3.86. The van der Waals surface area contributed by atoms with Gasteiger partial charge in [0.2, 0.25) is 0 Å². The third kappa shape index (κ3) is 2.77. The topological polar surface area (TPSA) is 68.3 Å². The van der Waals surface area contributed by atoms with Crippen LogP contribution in [0.25, 0.3) is 10.6 Å². The fourth-order valence-corrected chi connectivity index (χ4v) is 3.96. The normalized spacial score (nSPS) is 15.3. The lowest BCUT2D eigenvalue weighted by Gasteiger charge is -2.08. The molecule has 0 spiro atoms. The maximum absolute atomic E-state index is 10.6. The molecule has 0 N–H and O–H groups in total. The summed E-state index contributed by atoms with van der Waals surface area (Å²) in [4.78, 5) is 10.2. The van der Waals surface area contributed by atoms with Gasteiger partial charge in [0.15, 0.2) is 13.1 Å². The van der Waals surface area contributed by atoms with Gasteiger partial charge in [-0.1, -0.05) is 0 Å². The zero-order chi connectivity index (χ0) is 13.9. The molecular formula is C12H12N3O3S2+. The van der Waals surface area contributed by atoms with Gasteiger partial charge in [-0.3, -0.25) is 10.1 Å². The molecule has 8 heteroatoms. The lowest BCUT2D eigenvalue weighted by atomic mass is 10.2. The van der Waals surface area contributed by atoms with Gasteiger partial charge in [0.1, 0.15) is 18.2 Å². The Hall–Kier alpha value is -1.64. The molecule has 20 heavy (non-hydrogen) atoms. The van der Waals surface area contributed by atoms with Crippen molar-refractivity contribution in [3.63, 3.8) is 0 Å². The first-order valence-electron chi connectivity index (χ1n) is 6.11. The molecule has 2 aromatic rings. The highest BCUT2D eigenvalue weighted by atomic mass is 32.2. The van der Waals surface area contributed by atoms with Crippen LogP contribution in [-0.2, 0) is 4.74 Å². The number of nitro benzene ring substituents is 1. The highest BCUT2D eigenvalue weighted by Crippen LogP contribution is 2.23. The largest absolute Gasteiger partial charge is 0.368 e. The van der Waals surface area contributed by atoms with E-state index in [0.717, 1.165) is 40.9 Å². The average molecular weight is 310 g/mol. The fourth-order valence-electron chi connectivity index (χ4n) is 1.91. The van der Waals surface area contributed by atoms with Crippen molar-refractivity contribution in [2.75, 3.05) is 26.3 Å². The van der Waals surface area contributed by atoms with Gasteiger partial charge in [-0.2, -0.15) is 4.37 Å². The summed E-state index contributed by atoms with van der Waals surface area (Å²) in [6.45, 7) is 3.27. The van der Waals surface area contributed by atoms with Gasteiger partial charge in [0.05, 0.1) is 4.92 Å². The van der Waals surface area contributed by atoms with E-state index < -0.39 is 4.92 Å². The van der Waals surface area contributed by atoms with E-state index in [9.17, 15) is 10.1 Å². The van der Waals surface area contributed by atoms with Crippen LogP contribution in [0, 0.1) is 10.1 Å². The summed E-state index contributed by atoms with van der Waals surface area (Å²) in [6, 6.07) is 6.51. The van der Waals surface area contributed by atoms with Gasteiger partial charge in [0.25, 0.3) is 5.69 Å². The highest BCUT2D eigenvalue weighted by Gasteiger charge is 2.15. The van der Waals surface area contributed by atoms with Gasteiger partial charge in [0, 0.05) is 29.2 Å². The van der Waals surface area contributed by atoms with Gasteiger partial charge in [-0.15, -0.1) is 0 Å². The molecule has 6 nitrogen and oxygen atoms in total. The summed E-state index contributed by atoms with van der Waals surface area (Å²) in [6.07, 6.45) is 0. The first kappa shape index (κ1) is 13.3. The fraction of sp³-hybridized carbons (Fsp3) is 0.333. The van der Waals surface area contributed by atoms with Crippen LogP contribution in [0.15, 0.2) is 24.3 Å². The Bertz CT molecular complexity index is 682. The molecule has 0 amide bonds. The van der Waals surface area contributed by atoms with E-state index >= 15 is 0 Å². The molecule has 1 aromatic heterocycles. The number of nitrogens with zero attached hydrogens (tertiary/aromatic N) is 3. The number of nitro groups is 1. The predicted octanol–water partition coefficient (Wildman–Crippen LogP) is 1.58. The highest BCUT2D eigenvalue weighted by molar-refractivity contribution is 7.25. The number of ether oxygens (including phenoxy) is 1. The quantitative estimate of drug-likeness (QED) is 0.480. The number of non-ortho nitro benzene ring substituents is 1. The number of hydrogen-bond acceptors (Lipinski definition) is 6. The van der Waals surface area contributed by atoms with E-state index in [0.29, 0.717) is 0 Å². The standard InChI is InChI=1S/C12H12N3O3S2/c16-15(17)10-3-1-9(2-4-10)11-13-20-12(19-11)14-5-7-18-8-6-14/h1-4H,5-8H2/q+1. The second-order valence-electron chi connectivity index (χ2n) is 4.26. The van der Waals surface area contributed by atoms with Crippen LogP contribution in [0.1, 0.15) is 0 Å². The van der Waals surface area contributed by atoms with E-state index in [4.69, 9.17) is 4.74 Å². The molecule has 0 bridgehead atoms.